The molecule has 2 heterocycles. The smallest absolute Gasteiger partial charge is 0.300 e. The zero-order valence-corrected chi connectivity index (χ0v) is 12.7. The largest absolute Gasteiger partial charge is 0.493 e. The Morgan fingerprint density at radius 3 is 2.68 bits per heavy atom. The standard InChI is InChI=1S/C14H13N3O4S/c1-19-10-5-7-12(6-11(10)20-2)22-14(16-7)9-4-3-8(21-9)13(18)17-15/h3-6H,15H2,1-2H3,(H,17,18). The lowest BCUT2D eigenvalue weighted by Crippen LogP contribution is -2.29. The van der Waals surface area contributed by atoms with Crippen LogP contribution >= 0.6 is 11.3 Å². The summed E-state index contributed by atoms with van der Waals surface area (Å²) in [5.41, 5.74) is 2.78. The van der Waals surface area contributed by atoms with Crippen LogP contribution in [-0.2, 0) is 0 Å². The van der Waals surface area contributed by atoms with E-state index in [2.05, 4.69) is 4.98 Å². The summed E-state index contributed by atoms with van der Waals surface area (Å²) < 4.78 is 16.9. The quantitative estimate of drug-likeness (QED) is 0.434. The van der Waals surface area contributed by atoms with Crippen molar-refractivity contribution in [1.29, 1.82) is 0 Å². The van der Waals surface area contributed by atoms with Crippen LogP contribution in [-0.4, -0.2) is 25.1 Å². The minimum absolute atomic E-state index is 0.131. The maximum Gasteiger partial charge on any atom is 0.300 e. The van der Waals surface area contributed by atoms with E-state index in [0.29, 0.717) is 22.3 Å². The Morgan fingerprint density at radius 1 is 1.27 bits per heavy atom. The van der Waals surface area contributed by atoms with E-state index in [4.69, 9.17) is 19.7 Å². The normalized spacial score (nSPS) is 10.7. The highest BCUT2D eigenvalue weighted by atomic mass is 32.1. The van der Waals surface area contributed by atoms with Gasteiger partial charge in [-0.15, -0.1) is 11.3 Å². The van der Waals surface area contributed by atoms with Crippen LogP contribution < -0.4 is 20.7 Å². The Labute approximate surface area is 129 Å². The number of hydrazine groups is 1. The average Bonchev–Trinajstić information content (AvgIpc) is 3.18. The zero-order valence-electron chi connectivity index (χ0n) is 11.9. The van der Waals surface area contributed by atoms with Gasteiger partial charge < -0.3 is 13.9 Å². The number of ether oxygens (including phenoxy) is 2. The van der Waals surface area contributed by atoms with Crippen molar-refractivity contribution in [3.05, 3.63) is 30.0 Å². The van der Waals surface area contributed by atoms with Crippen LogP contribution in [0, 0.1) is 0 Å². The lowest BCUT2D eigenvalue weighted by molar-refractivity contribution is 0.0927. The van der Waals surface area contributed by atoms with Gasteiger partial charge in [0.1, 0.15) is 0 Å². The highest BCUT2D eigenvalue weighted by Gasteiger charge is 2.16. The molecule has 0 bridgehead atoms. The number of hydrogen-bond acceptors (Lipinski definition) is 7. The third-order valence-electron chi connectivity index (χ3n) is 3.07. The topological polar surface area (TPSA) is 99.6 Å². The van der Waals surface area contributed by atoms with Crippen molar-refractivity contribution in [2.75, 3.05) is 14.2 Å². The summed E-state index contributed by atoms with van der Waals surface area (Å²) in [6.07, 6.45) is 0. The molecule has 0 atom stereocenters. The Bertz CT molecular complexity index is 799. The molecular formula is C14H13N3O4S. The predicted octanol–water partition coefficient (Wildman–Crippen LogP) is 2.18. The summed E-state index contributed by atoms with van der Waals surface area (Å²) in [4.78, 5) is 15.9. The molecular weight excluding hydrogens is 306 g/mol. The fraction of sp³-hybridized carbons (Fsp3) is 0.143. The van der Waals surface area contributed by atoms with Crippen LogP contribution in [0.4, 0.5) is 0 Å². The van der Waals surface area contributed by atoms with Crippen LogP contribution in [0.3, 0.4) is 0 Å². The maximum atomic E-state index is 11.4. The number of carbonyl (C=O) groups is 1. The van der Waals surface area contributed by atoms with Gasteiger partial charge in [-0.25, -0.2) is 10.8 Å². The van der Waals surface area contributed by atoms with Crippen LogP contribution in [0.25, 0.3) is 21.0 Å². The highest BCUT2D eigenvalue weighted by Crippen LogP contribution is 2.37. The molecule has 0 aliphatic heterocycles. The molecule has 2 aromatic heterocycles. The zero-order chi connectivity index (χ0) is 15.7. The molecule has 0 aliphatic carbocycles. The fourth-order valence-corrected chi connectivity index (χ4v) is 2.94. The van der Waals surface area contributed by atoms with E-state index in [1.54, 1.807) is 32.4 Å². The number of fused-ring (bicyclic) bond motifs is 1. The van der Waals surface area contributed by atoms with Crippen molar-refractivity contribution >= 4 is 27.5 Å². The molecule has 3 rings (SSSR count). The number of methoxy groups -OCH3 is 2. The minimum atomic E-state index is -0.490. The molecule has 0 aliphatic rings. The first-order valence-corrected chi connectivity index (χ1v) is 7.11. The van der Waals surface area contributed by atoms with E-state index in [0.717, 1.165) is 10.2 Å². The summed E-state index contributed by atoms with van der Waals surface area (Å²) >= 11 is 1.43. The van der Waals surface area contributed by atoms with Crippen LogP contribution in [0.15, 0.2) is 28.7 Å². The molecule has 0 spiro atoms. The summed E-state index contributed by atoms with van der Waals surface area (Å²) in [7, 11) is 3.15. The number of nitrogens with one attached hydrogen (secondary N) is 1. The summed E-state index contributed by atoms with van der Waals surface area (Å²) in [6, 6.07) is 6.87. The van der Waals surface area contributed by atoms with Crippen molar-refractivity contribution in [2.45, 2.75) is 0 Å². The summed E-state index contributed by atoms with van der Waals surface area (Å²) in [5, 5.41) is 0.654. The van der Waals surface area contributed by atoms with Gasteiger partial charge in [-0.05, 0) is 12.1 Å². The Morgan fingerprint density at radius 2 is 2.00 bits per heavy atom. The molecule has 114 valence electrons. The number of amides is 1. The number of nitrogen functional groups attached to an aromatic ring is 1. The lowest BCUT2D eigenvalue weighted by Gasteiger charge is -2.05. The molecule has 0 fully saturated rings. The van der Waals surface area contributed by atoms with E-state index < -0.39 is 5.91 Å². The number of nitrogens with two attached hydrogens (primary N) is 1. The first-order valence-electron chi connectivity index (χ1n) is 6.30. The van der Waals surface area contributed by atoms with Crippen molar-refractivity contribution < 1.29 is 18.7 Å². The van der Waals surface area contributed by atoms with Gasteiger partial charge in [0.05, 0.1) is 24.4 Å². The molecule has 0 unspecified atom stereocenters. The number of aromatic nitrogens is 1. The number of hydrogen-bond donors (Lipinski definition) is 2. The molecule has 7 nitrogen and oxygen atoms in total. The van der Waals surface area contributed by atoms with Crippen LogP contribution in [0.1, 0.15) is 10.6 Å². The molecule has 8 heteroatoms. The fourth-order valence-electron chi connectivity index (χ4n) is 2.01. The molecule has 1 amide bonds. The van der Waals surface area contributed by atoms with Crippen LogP contribution in [0.2, 0.25) is 0 Å². The number of nitrogens with zero attached hydrogens (tertiary/aromatic N) is 1. The Balaban J connectivity index is 2.04. The van der Waals surface area contributed by atoms with Crippen LogP contribution in [0.5, 0.6) is 11.5 Å². The monoisotopic (exact) mass is 319 g/mol. The SMILES string of the molecule is COc1cc2nc(-c3ccc(C(=O)NN)o3)sc2cc1OC. The average molecular weight is 319 g/mol. The maximum absolute atomic E-state index is 11.4. The number of thiazole rings is 1. The molecule has 0 saturated carbocycles. The first kappa shape index (κ1) is 14.4. The third-order valence-corrected chi connectivity index (χ3v) is 4.10. The van der Waals surface area contributed by atoms with E-state index in [-0.39, 0.29) is 5.76 Å². The van der Waals surface area contributed by atoms with Gasteiger partial charge in [0.25, 0.3) is 0 Å². The van der Waals surface area contributed by atoms with Gasteiger partial charge >= 0.3 is 5.91 Å². The molecule has 0 radical (unpaired) electrons. The van der Waals surface area contributed by atoms with Gasteiger partial charge in [0, 0.05) is 12.1 Å². The Kier molecular flexibility index (Phi) is 3.70. The van der Waals surface area contributed by atoms with Crippen molar-refractivity contribution in [2.24, 2.45) is 5.84 Å². The molecule has 0 saturated heterocycles. The first-order chi connectivity index (χ1) is 10.7. The second-order valence-electron chi connectivity index (χ2n) is 4.33. The van der Waals surface area contributed by atoms with E-state index in [1.165, 1.54) is 11.3 Å². The highest BCUT2D eigenvalue weighted by molar-refractivity contribution is 7.21. The third kappa shape index (κ3) is 2.38. The number of carbonyl (C=O) groups excluding carboxylic acids is 1. The Hall–Kier alpha value is -2.58. The van der Waals surface area contributed by atoms with E-state index >= 15 is 0 Å². The van der Waals surface area contributed by atoms with Crippen molar-refractivity contribution in [1.82, 2.24) is 10.4 Å². The van der Waals surface area contributed by atoms with Gasteiger partial charge in [0.2, 0.25) is 0 Å². The van der Waals surface area contributed by atoms with Gasteiger partial charge in [-0.1, -0.05) is 0 Å². The van der Waals surface area contributed by atoms with Gasteiger partial charge in [-0.2, -0.15) is 0 Å². The second-order valence-corrected chi connectivity index (χ2v) is 5.36. The van der Waals surface area contributed by atoms with E-state index in [1.807, 2.05) is 11.5 Å². The predicted molar refractivity (Wildman–Crippen MR) is 82.1 cm³/mol. The summed E-state index contributed by atoms with van der Waals surface area (Å²) in [6.45, 7) is 0. The molecule has 3 aromatic rings. The van der Waals surface area contributed by atoms with Gasteiger partial charge in [-0.3, -0.25) is 10.2 Å². The van der Waals surface area contributed by atoms with Gasteiger partial charge in [0.15, 0.2) is 28.0 Å². The lowest BCUT2D eigenvalue weighted by atomic mass is 10.3. The molecule has 1 aromatic carbocycles. The summed E-state index contributed by atoms with van der Waals surface area (Å²) in [5.74, 6) is 6.45. The molecule has 3 N–H and O–H groups in total. The van der Waals surface area contributed by atoms with E-state index in [9.17, 15) is 4.79 Å². The second kappa shape index (κ2) is 5.66. The number of benzene rings is 1. The minimum Gasteiger partial charge on any atom is -0.493 e. The van der Waals surface area contributed by atoms with Crippen molar-refractivity contribution in [3.63, 3.8) is 0 Å². The molecule has 22 heavy (non-hydrogen) atoms. The van der Waals surface area contributed by atoms with Crippen molar-refractivity contribution in [3.8, 4) is 22.3 Å². The number of furan rings is 1. The number of rotatable bonds is 4.